The highest BCUT2D eigenvalue weighted by atomic mass is 19.4. The van der Waals surface area contributed by atoms with Crippen LogP contribution >= 0.6 is 0 Å². The number of amides is 1. The number of nitrogens with zero attached hydrogens (tertiary/aromatic N) is 3. The SMILES string of the molecule is CC(C)Cc1cc(C(=O)N2CCc3[nH]nc(CC(F)(F)F)c3C2)no1. The zero-order valence-electron chi connectivity index (χ0n) is 14.0. The molecule has 0 aromatic carbocycles. The molecule has 136 valence electrons. The predicted octanol–water partition coefficient (Wildman–Crippen LogP) is 2.90. The van der Waals surface area contributed by atoms with Crippen molar-refractivity contribution in [3.8, 4) is 0 Å². The second-order valence-electron chi connectivity index (χ2n) is 6.67. The molecule has 2 aromatic rings. The smallest absolute Gasteiger partial charge is 0.361 e. The summed E-state index contributed by atoms with van der Waals surface area (Å²) in [5.41, 5.74) is 1.23. The highest BCUT2D eigenvalue weighted by molar-refractivity contribution is 5.92. The molecule has 0 unspecified atom stereocenters. The van der Waals surface area contributed by atoms with Crippen LogP contribution < -0.4 is 0 Å². The van der Waals surface area contributed by atoms with E-state index < -0.39 is 12.6 Å². The zero-order chi connectivity index (χ0) is 18.2. The van der Waals surface area contributed by atoms with Gasteiger partial charge in [-0.2, -0.15) is 18.3 Å². The Morgan fingerprint density at radius 3 is 2.88 bits per heavy atom. The molecule has 25 heavy (non-hydrogen) atoms. The summed E-state index contributed by atoms with van der Waals surface area (Å²) in [5.74, 6) is 0.644. The van der Waals surface area contributed by atoms with Gasteiger partial charge in [-0.15, -0.1) is 0 Å². The summed E-state index contributed by atoms with van der Waals surface area (Å²) < 4.78 is 43.1. The fourth-order valence-electron chi connectivity index (χ4n) is 2.94. The fraction of sp³-hybridized carbons (Fsp3) is 0.562. The van der Waals surface area contributed by atoms with E-state index >= 15 is 0 Å². The number of aromatic nitrogens is 3. The van der Waals surface area contributed by atoms with Crippen LogP contribution in [-0.2, 0) is 25.8 Å². The monoisotopic (exact) mass is 356 g/mol. The van der Waals surface area contributed by atoms with Crippen LogP contribution in [0.5, 0.6) is 0 Å². The topological polar surface area (TPSA) is 75.0 Å². The van der Waals surface area contributed by atoms with Crippen molar-refractivity contribution in [1.82, 2.24) is 20.3 Å². The Hall–Kier alpha value is -2.32. The van der Waals surface area contributed by atoms with Crippen molar-refractivity contribution in [1.29, 1.82) is 0 Å². The van der Waals surface area contributed by atoms with Crippen LogP contribution in [0.4, 0.5) is 13.2 Å². The first kappa shape index (κ1) is 17.5. The Morgan fingerprint density at radius 2 is 2.20 bits per heavy atom. The van der Waals surface area contributed by atoms with Crippen LogP contribution in [0, 0.1) is 5.92 Å². The van der Waals surface area contributed by atoms with Gasteiger partial charge in [0.25, 0.3) is 5.91 Å². The fourth-order valence-corrected chi connectivity index (χ4v) is 2.94. The number of nitrogens with one attached hydrogen (secondary N) is 1. The van der Waals surface area contributed by atoms with Crippen LogP contribution in [0.15, 0.2) is 10.6 Å². The van der Waals surface area contributed by atoms with E-state index in [-0.39, 0.29) is 23.8 Å². The van der Waals surface area contributed by atoms with Crippen molar-refractivity contribution < 1.29 is 22.5 Å². The summed E-state index contributed by atoms with van der Waals surface area (Å²) in [5, 5.41) is 10.2. The van der Waals surface area contributed by atoms with Gasteiger partial charge in [0, 0.05) is 43.3 Å². The molecule has 1 amide bonds. The van der Waals surface area contributed by atoms with Crippen molar-refractivity contribution in [2.24, 2.45) is 5.92 Å². The first-order valence-corrected chi connectivity index (χ1v) is 8.09. The van der Waals surface area contributed by atoms with Crippen LogP contribution in [0.1, 0.15) is 47.0 Å². The molecule has 9 heteroatoms. The molecular formula is C16H19F3N4O2. The summed E-state index contributed by atoms with van der Waals surface area (Å²) in [4.78, 5) is 14.1. The van der Waals surface area contributed by atoms with Gasteiger partial charge < -0.3 is 9.42 Å². The maximum atomic E-state index is 12.7. The van der Waals surface area contributed by atoms with E-state index in [1.807, 2.05) is 13.8 Å². The minimum absolute atomic E-state index is 0.0550. The molecule has 0 spiro atoms. The number of hydrogen-bond acceptors (Lipinski definition) is 4. The number of carbonyl (C=O) groups is 1. The number of fused-ring (bicyclic) bond motifs is 1. The van der Waals surface area contributed by atoms with Gasteiger partial charge in [-0.25, -0.2) is 0 Å². The molecule has 0 radical (unpaired) electrons. The van der Waals surface area contributed by atoms with Crippen molar-refractivity contribution in [2.45, 2.75) is 45.8 Å². The number of halogens is 3. The molecule has 1 N–H and O–H groups in total. The van der Waals surface area contributed by atoms with Gasteiger partial charge >= 0.3 is 6.18 Å². The highest BCUT2D eigenvalue weighted by Gasteiger charge is 2.34. The quantitative estimate of drug-likeness (QED) is 0.914. The van der Waals surface area contributed by atoms with E-state index in [1.165, 1.54) is 4.90 Å². The van der Waals surface area contributed by atoms with E-state index in [0.717, 1.165) is 0 Å². The molecule has 0 saturated carbocycles. The molecule has 0 atom stereocenters. The normalized spacial score (nSPS) is 14.9. The molecule has 1 aliphatic heterocycles. The van der Waals surface area contributed by atoms with Gasteiger partial charge in [0.05, 0.1) is 12.1 Å². The standard InChI is InChI=1S/C16H19F3N4O2/c1-9(2)5-10-6-13(22-25-10)15(24)23-4-3-12-11(8-23)14(21-20-12)7-16(17,18)19/h6,9H,3-5,7-8H2,1-2H3,(H,20,21). The number of alkyl halides is 3. The first-order chi connectivity index (χ1) is 11.7. The summed E-state index contributed by atoms with van der Waals surface area (Å²) in [6.45, 7) is 4.53. The minimum Gasteiger partial charge on any atom is -0.361 e. The van der Waals surface area contributed by atoms with Crippen molar-refractivity contribution in [2.75, 3.05) is 6.54 Å². The molecular weight excluding hydrogens is 337 g/mol. The summed E-state index contributed by atoms with van der Waals surface area (Å²) in [6.07, 6.45) is -4.35. The number of H-pyrrole nitrogens is 1. The third-order valence-electron chi connectivity index (χ3n) is 4.06. The number of aromatic amines is 1. The maximum Gasteiger partial charge on any atom is 0.394 e. The molecule has 3 rings (SSSR count). The second kappa shape index (κ2) is 6.53. The molecule has 0 saturated heterocycles. The molecule has 2 aromatic heterocycles. The van der Waals surface area contributed by atoms with E-state index in [1.54, 1.807) is 6.07 Å². The van der Waals surface area contributed by atoms with Crippen LogP contribution in [0.2, 0.25) is 0 Å². The lowest BCUT2D eigenvalue weighted by molar-refractivity contribution is -0.128. The molecule has 0 aliphatic carbocycles. The lowest BCUT2D eigenvalue weighted by Gasteiger charge is -2.26. The second-order valence-corrected chi connectivity index (χ2v) is 6.67. The Morgan fingerprint density at radius 1 is 1.44 bits per heavy atom. The van der Waals surface area contributed by atoms with Gasteiger partial charge in [-0.1, -0.05) is 19.0 Å². The Bertz CT molecular complexity index is 764. The van der Waals surface area contributed by atoms with Crippen LogP contribution in [-0.4, -0.2) is 38.9 Å². The number of hydrogen-bond donors (Lipinski definition) is 1. The largest absolute Gasteiger partial charge is 0.394 e. The highest BCUT2D eigenvalue weighted by Crippen LogP contribution is 2.27. The molecule has 3 heterocycles. The maximum absolute atomic E-state index is 12.7. The average molecular weight is 356 g/mol. The van der Waals surface area contributed by atoms with Gasteiger partial charge in [-0.05, 0) is 5.92 Å². The molecule has 1 aliphatic rings. The van der Waals surface area contributed by atoms with E-state index in [9.17, 15) is 18.0 Å². The van der Waals surface area contributed by atoms with E-state index in [4.69, 9.17) is 4.52 Å². The summed E-state index contributed by atoms with van der Waals surface area (Å²) in [7, 11) is 0. The van der Waals surface area contributed by atoms with Crippen molar-refractivity contribution in [3.63, 3.8) is 0 Å². The van der Waals surface area contributed by atoms with Crippen molar-refractivity contribution >= 4 is 5.91 Å². The zero-order valence-corrected chi connectivity index (χ0v) is 14.0. The first-order valence-electron chi connectivity index (χ1n) is 8.09. The lowest BCUT2D eigenvalue weighted by atomic mass is 10.0. The molecule has 0 fully saturated rings. The summed E-state index contributed by atoms with van der Waals surface area (Å²) >= 11 is 0. The Balaban J connectivity index is 1.74. The third-order valence-corrected chi connectivity index (χ3v) is 4.06. The van der Waals surface area contributed by atoms with E-state index in [2.05, 4.69) is 15.4 Å². The van der Waals surface area contributed by atoms with Gasteiger partial charge in [0.2, 0.25) is 0 Å². The number of carbonyl (C=O) groups excluding carboxylic acids is 1. The van der Waals surface area contributed by atoms with E-state index in [0.29, 0.717) is 42.3 Å². The van der Waals surface area contributed by atoms with Gasteiger partial charge in [0.1, 0.15) is 5.76 Å². The molecule has 0 bridgehead atoms. The van der Waals surface area contributed by atoms with Gasteiger partial charge in [0.15, 0.2) is 5.69 Å². The van der Waals surface area contributed by atoms with Crippen LogP contribution in [0.3, 0.4) is 0 Å². The van der Waals surface area contributed by atoms with Crippen molar-refractivity contribution in [3.05, 3.63) is 34.5 Å². The minimum atomic E-state index is -4.34. The lowest BCUT2D eigenvalue weighted by Crippen LogP contribution is -2.36. The van der Waals surface area contributed by atoms with Crippen LogP contribution in [0.25, 0.3) is 0 Å². The Labute approximate surface area is 142 Å². The third kappa shape index (κ3) is 4.02. The van der Waals surface area contributed by atoms with Gasteiger partial charge in [-0.3, -0.25) is 9.89 Å². The Kier molecular flexibility index (Phi) is 4.57. The summed E-state index contributed by atoms with van der Waals surface area (Å²) in [6, 6.07) is 1.60. The average Bonchev–Trinajstić information content (AvgIpc) is 3.12. The predicted molar refractivity (Wildman–Crippen MR) is 81.8 cm³/mol. The molecule has 6 nitrogen and oxygen atoms in total. The number of rotatable bonds is 4.